The minimum atomic E-state index is -0.503. The molecule has 29 heavy (non-hydrogen) atoms. The zero-order valence-electron chi connectivity index (χ0n) is 16.0. The summed E-state index contributed by atoms with van der Waals surface area (Å²) in [5, 5.41) is 27.3. The van der Waals surface area contributed by atoms with Crippen molar-refractivity contribution in [1.82, 2.24) is 0 Å². The summed E-state index contributed by atoms with van der Waals surface area (Å²) in [6.07, 6.45) is 3.46. The molecule has 146 valence electrons. The van der Waals surface area contributed by atoms with Crippen LogP contribution in [0.15, 0.2) is 73.1 Å². The molecular formula is C22H19N3O3S. The van der Waals surface area contributed by atoms with Crippen LogP contribution in [0.3, 0.4) is 0 Å². The van der Waals surface area contributed by atoms with Crippen molar-refractivity contribution in [3.8, 4) is 0 Å². The molecule has 0 atom stereocenters. The van der Waals surface area contributed by atoms with Gasteiger partial charge >= 0.3 is 0 Å². The highest BCUT2D eigenvalue weighted by Gasteiger charge is 2.19. The second-order valence-corrected chi connectivity index (χ2v) is 7.00. The van der Waals surface area contributed by atoms with Crippen molar-refractivity contribution in [1.29, 1.82) is 0 Å². The number of nitrogens with one attached hydrogen (secondary N) is 1. The fourth-order valence-corrected chi connectivity index (χ4v) is 3.31. The number of aryl methyl sites for hydroxylation is 2. The average molecular weight is 405 g/mol. The first-order chi connectivity index (χ1) is 13.8. The van der Waals surface area contributed by atoms with Gasteiger partial charge in [-0.05, 0) is 60.6 Å². The Kier molecular flexibility index (Phi) is 5.99. The van der Waals surface area contributed by atoms with E-state index in [1.54, 1.807) is 29.1 Å². The average Bonchev–Trinajstić information content (AvgIpc) is 2.68. The van der Waals surface area contributed by atoms with Crippen LogP contribution in [-0.4, -0.2) is 9.91 Å². The number of hydrogen-bond acceptors (Lipinski definition) is 4. The molecule has 1 heterocycles. The number of hydrogen-bond donors (Lipinski definition) is 1. The molecule has 6 nitrogen and oxygen atoms in total. The fraction of sp³-hybridized carbons (Fsp3) is 0.0909. The Labute approximate surface area is 173 Å². The molecule has 3 aromatic rings. The minimum absolute atomic E-state index is 0.0774. The second kappa shape index (κ2) is 8.62. The summed E-state index contributed by atoms with van der Waals surface area (Å²) in [4.78, 5) is 10.6. The lowest BCUT2D eigenvalue weighted by Crippen LogP contribution is -2.39. The van der Waals surface area contributed by atoms with Gasteiger partial charge in [0.25, 0.3) is 5.69 Å². The summed E-state index contributed by atoms with van der Waals surface area (Å²) in [5.41, 5.74) is 3.43. The van der Waals surface area contributed by atoms with Crippen LogP contribution in [0.2, 0.25) is 0 Å². The van der Waals surface area contributed by atoms with E-state index in [0.717, 1.165) is 16.8 Å². The monoisotopic (exact) mass is 405 g/mol. The first kappa shape index (κ1) is 20.2. The van der Waals surface area contributed by atoms with Crippen molar-refractivity contribution >= 4 is 40.0 Å². The Morgan fingerprint density at radius 3 is 2.14 bits per heavy atom. The summed E-state index contributed by atoms with van der Waals surface area (Å²) in [6.45, 7) is 3.97. The van der Waals surface area contributed by atoms with Gasteiger partial charge in [-0.3, -0.25) is 10.1 Å². The molecule has 1 N–H and O–H groups in total. The van der Waals surface area contributed by atoms with E-state index in [4.69, 9.17) is 12.2 Å². The van der Waals surface area contributed by atoms with Gasteiger partial charge < -0.3 is 10.4 Å². The molecule has 0 saturated heterocycles. The smallest absolute Gasteiger partial charge is 0.269 e. The number of nitro groups is 1. The SMILES string of the molecule is Cc1cc(C)cc(NC(=S)/C(=C(\[O-])c2ccc([N+](=O)[O-])cc2)[n+]2ccccc2)c1. The number of nitrogens with zero attached hydrogens (tertiary/aromatic N) is 2. The number of thiocarbonyl (C=S) groups is 1. The molecule has 0 spiro atoms. The van der Waals surface area contributed by atoms with E-state index in [0.29, 0.717) is 5.56 Å². The van der Waals surface area contributed by atoms with Crippen LogP contribution in [0.1, 0.15) is 16.7 Å². The maximum atomic E-state index is 13.2. The molecule has 1 aromatic heterocycles. The molecule has 0 fully saturated rings. The lowest BCUT2D eigenvalue weighted by Gasteiger charge is -2.17. The summed E-state index contributed by atoms with van der Waals surface area (Å²) < 4.78 is 1.64. The highest BCUT2D eigenvalue weighted by Crippen LogP contribution is 2.21. The molecule has 2 aromatic carbocycles. The third kappa shape index (κ3) is 4.83. The third-order valence-electron chi connectivity index (χ3n) is 4.22. The fourth-order valence-electron chi connectivity index (χ4n) is 2.99. The largest absolute Gasteiger partial charge is 0.867 e. The Bertz CT molecular complexity index is 1070. The Morgan fingerprint density at radius 1 is 1.00 bits per heavy atom. The predicted molar refractivity (Wildman–Crippen MR) is 115 cm³/mol. The molecule has 0 aliphatic rings. The molecule has 0 unspecified atom stereocenters. The number of rotatable bonds is 5. The van der Waals surface area contributed by atoms with E-state index in [2.05, 4.69) is 5.32 Å². The van der Waals surface area contributed by atoms with Gasteiger partial charge in [0.2, 0.25) is 5.70 Å². The van der Waals surface area contributed by atoms with E-state index in [9.17, 15) is 15.2 Å². The quantitative estimate of drug-likeness (QED) is 0.175. The van der Waals surface area contributed by atoms with E-state index in [1.165, 1.54) is 24.3 Å². The molecule has 7 heteroatoms. The molecule has 0 aliphatic carbocycles. The van der Waals surface area contributed by atoms with Gasteiger partial charge in [0.1, 0.15) is 0 Å². The summed E-state index contributed by atoms with van der Waals surface area (Å²) in [7, 11) is 0. The van der Waals surface area contributed by atoms with Crippen molar-refractivity contribution in [2.45, 2.75) is 13.8 Å². The van der Waals surface area contributed by atoms with Gasteiger partial charge in [0, 0.05) is 30.0 Å². The standard InChI is InChI=1S/C22H19N3O3S/c1-15-12-16(2)14-18(13-15)23-22(29)20(24-10-4-3-5-11-24)21(26)17-6-8-19(9-7-17)25(27)28/h3-14H,1-2H3,(H-,23,26,29). The van der Waals surface area contributed by atoms with Gasteiger partial charge in [-0.1, -0.05) is 24.4 Å². The van der Waals surface area contributed by atoms with Crippen LogP contribution in [0.5, 0.6) is 0 Å². The van der Waals surface area contributed by atoms with Gasteiger partial charge in [-0.25, -0.2) is 0 Å². The first-order valence-electron chi connectivity index (χ1n) is 8.87. The maximum absolute atomic E-state index is 13.2. The Hall–Kier alpha value is -3.58. The zero-order chi connectivity index (χ0) is 21.0. The van der Waals surface area contributed by atoms with Gasteiger partial charge in [-0.15, -0.1) is 0 Å². The molecule has 3 rings (SSSR count). The highest BCUT2D eigenvalue weighted by atomic mass is 32.1. The number of benzene rings is 2. The van der Waals surface area contributed by atoms with Crippen LogP contribution >= 0.6 is 12.2 Å². The number of anilines is 1. The maximum Gasteiger partial charge on any atom is 0.269 e. The molecule has 0 saturated carbocycles. The van der Waals surface area contributed by atoms with E-state index in [-0.39, 0.29) is 22.1 Å². The summed E-state index contributed by atoms with van der Waals surface area (Å²) in [5.74, 6) is -0.335. The van der Waals surface area contributed by atoms with Gasteiger partial charge in [0.05, 0.1) is 4.92 Å². The highest BCUT2D eigenvalue weighted by molar-refractivity contribution is 7.81. The normalized spacial score (nSPS) is 11.5. The van der Waals surface area contributed by atoms with Crippen molar-refractivity contribution in [2.24, 2.45) is 0 Å². The predicted octanol–water partition coefficient (Wildman–Crippen LogP) is 3.62. The molecule has 0 aliphatic heterocycles. The Morgan fingerprint density at radius 2 is 1.59 bits per heavy atom. The first-order valence-corrected chi connectivity index (χ1v) is 9.28. The number of aromatic nitrogens is 1. The van der Waals surface area contributed by atoms with E-state index in [1.807, 2.05) is 38.1 Å². The van der Waals surface area contributed by atoms with Crippen molar-refractivity contribution in [3.05, 3.63) is 99.9 Å². The number of pyridine rings is 1. The van der Waals surface area contributed by atoms with Crippen LogP contribution in [0.25, 0.3) is 11.5 Å². The zero-order valence-corrected chi connectivity index (χ0v) is 16.8. The van der Waals surface area contributed by atoms with Crippen molar-refractivity contribution in [2.75, 3.05) is 5.32 Å². The van der Waals surface area contributed by atoms with Gasteiger partial charge in [0.15, 0.2) is 17.4 Å². The van der Waals surface area contributed by atoms with Crippen LogP contribution in [0, 0.1) is 24.0 Å². The number of non-ortho nitro benzene ring substituents is 1. The summed E-state index contributed by atoms with van der Waals surface area (Å²) in [6, 6.07) is 16.9. The molecule has 0 radical (unpaired) electrons. The topological polar surface area (TPSA) is 82.1 Å². The minimum Gasteiger partial charge on any atom is -0.867 e. The van der Waals surface area contributed by atoms with Crippen LogP contribution < -0.4 is 15.0 Å². The molecule has 0 bridgehead atoms. The van der Waals surface area contributed by atoms with Crippen LogP contribution in [0.4, 0.5) is 11.4 Å². The van der Waals surface area contributed by atoms with E-state index >= 15 is 0 Å². The lowest BCUT2D eigenvalue weighted by atomic mass is 10.1. The van der Waals surface area contributed by atoms with Crippen molar-refractivity contribution < 1.29 is 14.6 Å². The summed E-state index contributed by atoms with van der Waals surface area (Å²) >= 11 is 5.57. The van der Waals surface area contributed by atoms with Gasteiger partial charge in [-0.2, -0.15) is 4.57 Å². The Balaban J connectivity index is 2.05. The van der Waals surface area contributed by atoms with Crippen molar-refractivity contribution in [3.63, 3.8) is 0 Å². The second-order valence-electron chi connectivity index (χ2n) is 6.59. The third-order valence-corrected chi connectivity index (χ3v) is 4.52. The van der Waals surface area contributed by atoms with Crippen LogP contribution in [-0.2, 0) is 0 Å². The molecule has 0 amide bonds. The van der Waals surface area contributed by atoms with E-state index < -0.39 is 4.92 Å². The number of nitro benzene ring substituents is 1. The lowest BCUT2D eigenvalue weighted by molar-refractivity contribution is -0.577. The molecular weight excluding hydrogens is 386 g/mol.